The monoisotopic (exact) mass is 504 g/mol. The van der Waals surface area contributed by atoms with Crippen LogP contribution in [0.1, 0.15) is 48.3 Å². The van der Waals surface area contributed by atoms with Gasteiger partial charge in [-0.1, -0.05) is 0 Å². The van der Waals surface area contributed by atoms with Crippen molar-refractivity contribution in [3.63, 3.8) is 0 Å². The summed E-state index contributed by atoms with van der Waals surface area (Å²) in [5, 5.41) is 11.4. The van der Waals surface area contributed by atoms with Crippen molar-refractivity contribution >= 4 is 28.8 Å². The zero-order valence-electron chi connectivity index (χ0n) is 20.2. The molecule has 1 amide bonds. The molecule has 2 atom stereocenters. The highest BCUT2D eigenvalue weighted by Gasteiger charge is 2.45. The second-order valence-electron chi connectivity index (χ2n) is 9.66. The topological polar surface area (TPSA) is 155 Å². The Kier molecular flexibility index (Phi) is 5.71. The van der Waals surface area contributed by atoms with Crippen LogP contribution in [0.15, 0.2) is 52.9 Å². The third-order valence-corrected chi connectivity index (χ3v) is 6.85. The second-order valence-corrected chi connectivity index (χ2v) is 9.66. The van der Waals surface area contributed by atoms with Crippen molar-refractivity contribution in [2.75, 3.05) is 12.3 Å². The van der Waals surface area contributed by atoms with Crippen LogP contribution in [0.25, 0.3) is 22.4 Å². The average molecular weight is 505 g/mol. The maximum atomic E-state index is 13.6. The molecule has 2 aromatic heterocycles. The van der Waals surface area contributed by atoms with Gasteiger partial charge in [-0.15, -0.1) is 0 Å². The predicted molar refractivity (Wildman–Crippen MR) is 133 cm³/mol. The number of benzene rings is 2. The number of fused-ring (bicyclic) bond motifs is 2. The molecule has 2 aromatic carbocycles. The van der Waals surface area contributed by atoms with Crippen LogP contribution in [0.5, 0.6) is 5.75 Å². The Hall–Kier alpha value is -4.31. The maximum absolute atomic E-state index is 13.6. The van der Waals surface area contributed by atoms with Crippen LogP contribution in [-0.2, 0) is 15.8 Å². The van der Waals surface area contributed by atoms with Crippen LogP contribution in [0.2, 0.25) is 0 Å². The fraction of sp³-hybridized carbons (Fsp3) is 0.259. The molecule has 190 valence electrons. The molecule has 0 spiro atoms. The van der Waals surface area contributed by atoms with Crippen LogP contribution in [0.3, 0.4) is 0 Å². The van der Waals surface area contributed by atoms with Gasteiger partial charge < -0.3 is 25.7 Å². The number of hydrogen-bond donors (Lipinski definition) is 3. The summed E-state index contributed by atoms with van der Waals surface area (Å²) >= 11 is 0. The molecule has 0 radical (unpaired) electrons. The van der Waals surface area contributed by atoms with E-state index in [1.807, 2.05) is 0 Å². The Bertz CT molecular complexity index is 1550. The van der Waals surface area contributed by atoms with Crippen LogP contribution in [-0.4, -0.2) is 33.4 Å². The molecule has 0 saturated carbocycles. The number of carbonyl (C=O) groups is 2. The number of carbonyl (C=O) groups excluding carboxylic acids is 2. The van der Waals surface area contributed by atoms with Crippen molar-refractivity contribution in [2.45, 2.75) is 37.7 Å². The number of aromatic nitrogens is 2. The Morgan fingerprint density at radius 3 is 2.59 bits per heavy atom. The molecular weight excluding hydrogens is 479 g/mol. The fourth-order valence-corrected chi connectivity index (χ4v) is 4.41. The molecule has 4 aromatic rings. The first-order valence-corrected chi connectivity index (χ1v) is 11.6. The Morgan fingerprint density at radius 2 is 1.89 bits per heavy atom. The van der Waals surface area contributed by atoms with E-state index in [1.54, 1.807) is 38.1 Å². The maximum Gasteiger partial charge on any atom is 0.292 e. The summed E-state index contributed by atoms with van der Waals surface area (Å²) in [6.45, 7) is 3.21. The van der Waals surface area contributed by atoms with Gasteiger partial charge in [0.15, 0.2) is 11.4 Å². The van der Waals surface area contributed by atoms with Gasteiger partial charge in [0.25, 0.3) is 6.01 Å². The first-order valence-electron chi connectivity index (χ1n) is 11.6. The van der Waals surface area contributed by atoms with Crippen molar-refractivity contribution < 1.29 is 28.2 Å². The summed E-state index contributed by atoms with van der Waals surface area (Å²) < 4.78 is 24.7. The smallest absolute Gasteiger partial charge is 0.292 e. The number of nitrogens with zero attached hydrogens (tertiary/aromatic N) is 2. The van der Waals surface area contributed by atoms with E-state index in [2.05, 4.69) is 9.97 Å². The third-order valence-electron chi connectivity index (χ3n) is 6.85. The number of ketones is 1. The molecule has 0 unspecified atom stereocenters. The molecule has 1 aliphatic rings. The van der Waals surface area contributed by atoms with Gasteiger partial charge in [-0.3, -0.25) is 9.59 Å². The number of Topliss-reactive ketones (excluding diaryl/α,β-unsaturated/α-hetero) is 1. The van der Waals surface area contributed by atoms with Crippen molar-refractivity contribution in [3.8, 4) is 17.0 Å². The standard InChI is InChI=1S/C27H25FN4O5/c1-26(24(29)34)13-36-23-17(26)12-21(32-22(23)14-3-6-16(28)7-4-14)27(2,35)10-9-19(33)15-5-8-18-20(11-15)37-25(30)31-18/h3-8,11-12,35H,9-10,13H2,1-2H3,(H2,29,34)(H2,30,31)/t26-,27-/m0/s1. The van der Waals surface area contributed by atoms with Gasteiger partial charge in [-0.05, 0) is 68.8 Å². The van der Waals surface area contributed by atoms with E-state index < -0.39 is 22.7 Å². The number of amides is 1. The summed E-state index contributed by atoms with van der Waals surface area (Å²) in [7, 11) is 0. The number of nitrogens with two attached hydrogens (primary N) is 2. The lowest BCUT2D eigenvalue weighted by atomic mass is 9.81. The second kappa shape index (κ2) is 8.67. The molecule has 5 rings (SSSR count). The molecule has 0 fully saturated rings. The van der Waals surface area contributed by atoms with E-state index in [-0.39, 0.29) is 36.9 Å². The number of aliphatic hydroxyl groups is 1. The van der Waals surface area contributed by atoms with Crippen LogP contribution >= 0.6 is 0 Å². The van der Waals surface area contributed by atoms with E-state index in [0.717, 1.165) is 0 Å². The fourth-order valence-electron chi connectivity index (χ4n) is 4.41. The number of ether oxygens (including phenoxy) is 1. The van der Waals surface area contributed by atoms with E-state index in [9.17, 15) is 19.1 Å². The largest absolute Gasteiger partial charge is 0.489 e. The molecule has 5 N–H and O–H groups in total. The van der Waals surface area contributed by atoms with E-state index in [1.165, 1.54) is 24.3 Å². The molecule has 10 heteroatoms. The predicted octanol–water partition coefficient (Wildman–Crippen LogP) is 3.62. The number of nitrogen functional groups attached to an aromatic ring is 1. The number of oxazole rings is 1. The van der Waals surface area contributed by atoms with Crippen LogP contribution in [0.4, 0.5) is 10.4 Å². The number of halogens is 1. The number of primary amides is 1. The van der Waals surface area contributed by atoms with Crippen LogP contribution in [0, 0.1) is 5.82 Å². The SMILES string of the molecule is C[C@](O)(CCC(=O)c1ccc2nc(N)oc2c1)c1cc2c(c(-c3ccc(F)cc3)n1)OC[C@]2(C)C(N)=O. The first kappa shape index (κ1) is 24.4. The lowest BCUT2D eigenvalue weighted by Gasteiger charge is -2.26. The van der Waals surface area contributed by atoms with Gasteiger partial charge in [0.05, 0.1) is 5.69 Å². The van der Waals surface area contributed by atoms with Crippen molar-refractivity contribution in [2.24, 2.45) is 5.73 Å². The lowest BCUT2D eigenvalue weighted by molar-refractivity contribution is -0.123. The molecule has 3 heterocycles. The zero-order valence-corrected chi connectivity index (χ0v) is 20.2. The molecule has 9 nitrogen and oxygen atoms in total. The Labute approximate surface area is 211 Å². The molecular formula is C27H25FN4O5. The quantitative estimate of drug-likeness (QED) is 0.322. The van der Waals surface area contributed by atoms with Crippen molar-refractivity contribution in [3.05, 3.63) is 71.2 Å². The molecule has 0 saturated heterocycles. The van der Waals surface area contributed by atoms with Gasteiger partial charge in [0.1, 0.15) is 40.4 Å². The number of rotatable bonds is 7. The lowest BCUT2D eigenvalue weighted by Crippen LogP contribution is -2.40. The Balaban J connectivity index is 1.49. The first-order chi connectivity index (χ1) is 17.5. The van der Waals surface area contributed by atoms with Gasteiger partial charge in [0, 0.05) is 23.1 Å². The summed E-state index contributed by atoms with van der Waals surface area (Å²) in [6.07, 6.45) is 0.0293. The number of anilines is 1. The van der Waals surface area contributed by atoms with Crippen LogP contribution < -0.4 is 16.2 Å². The van der Waals surface area contributed by atoms with Gasteiger partial charge in [-0.2, -0.15) is 4.98 Å². The van der Waals surface area contributed by atoms with Gasteiger partial charge >= 0.3 is 0 Å². The highest BCUT2D eigenvalue weighted by atomic mass is 19.1. The molecule has 0 bridgehead atoms. The molecule has 0 aliphatic carbocycles. The van der Waals surface area contributed by atoms with E-state index in [4.69, 9.17) is 20.6 Å². The highest BCUT2D eigenvalue weighted by molar-refractivity contribution is 5.98. The summed E-state index contributed by atoms with van der Waals surface area (Å²) in [5.41, 5.74) is 11.5. The van der Waals surface area contributed by atoms with Crippen molar-refractivity contribution in [1.82, 2.24) is 9.97 Å². The van der Waals surface area contributed by atoms with Gasteiger partial charge in [0.2, 0.25) is 5.91 Å². The van der Waals surface area contributed by atoms with Gasteiger partial charge in [-0.25, -0.2) is 9.37 Å². The zero-order chi connectivity index (χ0) is 26.5. The minimum atomic E-state index is -1.55. The third kappa shape index (κ3) is 4.29. The average Bonchev–Trinajstić information content (AvgIpc) is 3.41. The highest BCUT2D eigenvalue weighted by Crippen LogP contribution is 2.46. The Morgan fingerprint density at radius 1 is 1.16 bits per heavy atom. The minimum absolute atomic E-state index is 0.00361. The van der Waals surface area contributed by atoms with Crippen molar-refractivity contribution in [1.29, 1.82) is 0 Å². The molecule has 1 aliphatic heterocycles. The minimum Gasteiger partial charge on any atom is -0.489 e. The number of pyridine rings is 1. The normalized spacial score (nSPS) is 18.3. The van der Waals surface area contributed by atoms with E-state index >= 15 is 0 Å². The van der Waals surface area contributed by atoms with E-state index in [0.29, 0.717) is 39.2 Å². The summed E-state index contributed by atoms with van der Waals surface area (Å²) in [6, 6.07) is 12.1. The summed E-state index contributed by atoms with van der Waals surface area (Å²) in [5.74, 6) is -0.881. The number of hydrogen-bond acceptors (Lipinski definition) is 8. The summed E-state index contributed by atoms with van der Waals surface area (Å²) in [4.78, 5) is 33.9. The molecule has 37 heavy (non-hydrogen) atoms.